The van der Waals surface area contributed by atoms with E-state index in [2.05, 4.69) is 16.5 Å². The van der Waals surface area contributed by atoms with Crippen molar-refractivity contribution < 1.29 is 4.39 Å². The molecule has 0 radical (unpaired) electrons. The Bertz CT molecular complexity index is 853. The Kier molecular flexibility index (Phi) is 6.28. The van der Waals surface area contributed by atoms with E-state index in [0.29, 0.717) is 10.0 Å². The highest BCUT2D eigenvalue weighted by molar-refractivity contribution is 8.00. The maximum absolute atomic E-state index is 13.1. The van der Waals surface area contributed by atoms with Crippen LogP contribution in [-0.4, -0.2) is 14.3 Å². The van der Waals surface area contributed by atoms with Gasteiger partial charge in [0.05, 0.1) is 11.3 Å². The summed E-state index contributed by atoms with van der Waals surface area (Å²) in [4.78, 5) is 5.10. The molecule has 0 spiro atoms. The van der Waals surface area contributed by atoms with Gasteiger partial charge in [-0.3, -0.25) is 0 Å². The van der Waals surface area contributed by atoms with Gasteiger partial charge in [-0.15, -0.1) is 11.8 Å². The van der Waals surface area contributed by atoms with Crippen LogP contribution in [0.15, 0.2) is 66.1 Å². The lowest BCUT2D eigenvalue weighted by Crippen LogP contribution is -2.27. The van der Waals surface area contributed by atoms with Gasteiger partial charge in [-0.25, -0.2) is 9.37 Å². The topological polar surface area (TPSA) is 17.8 Å². The molecule has 0 saturated carbocycles. The van der Waals surface area contributed by atoms with Crippen molar-refractivity contribution in [3.8, 4) is 0 Å². The molecule has 3 aromatic rings. The first-order valence-corrected chi connectivity index (χ1v) is 9.85. The lowest BCUT2D eigenvalue weighted by Gasteiger charge is -2.30. The maximum atomic E-state index is 13.1. The fourth-order valence-corrected chi connectivity index (χ4v) is 4.58. The summed E-state index contributed by atoms with van der Waals surface area (Å²) >= 11 is 14.2. The molecule has 0 fully saturated rings. The van der Waals surface area contributed by atoms with Crippen LogP contribution >= 0.6 is 35.0 Å². The quantitative estimate of drug-likeness (QED) is 0.414. The number of hydrogen-bond acceptors (Lipinski definition) is 2. The lowest BCUT2D eigenvalue weighted by molar-refractivity contribution is 0.495. The lowest BCUT2D eigenvalue weighted by atomic mass is 10.00. The van der Waals surface area contributed by atoms with Gasteiger partial charge in [-0.2, -0.15) is 0 Å². The molecule has 0 aliphatic carbocycles. The fraction of sp³-hybridized carbons (Fsp3) is 0.250. The Balaban J connectivity index is 1.81. The average Bonchev–Trinajstić information content (AvgIpc) is 3.10. The number of aryl methyl sites for hydroxylation is 1. The van der Waals surface area contributed by atoms with Gasteiger partial charge >= 0.3 is 0 Å². The molecule has 0 bridgehead atoms. The van der Waals surface area contributed by atoms with Crippen molar-refractivity contribution in [2.45, 2.75) is 36.0 Å². The van der Waals surface area contributed by atoms with Gasteiger partial charge in [0.1, 0.15) is 5.82 Å². The first-order valence-electron chi connectivity index (χ1n) is 8.28. The molecule has 0 N–H and O–H groups in total. The second kappa shape index (κ2) is 8.47. The fourth-order valence-electron chi connectivity index (χ4n) is 2.81. The molecular weight excluding hydrogens is 390 g/mol. The summed E-state index contributed by atoms with van der Waals surface area (Å²) in [7, 11) is 0. The Morgan fingerprint density at radius 2 is 1.92 bits per heavy atom. The third kappa shape index (κ3) is 5.26. The van der Waals surface area contributed by atoms with Crippen molar-refractivity contribution in [1.82, 2.24) is 9.55 Å². The van der Waals surface area contributed by atoms with Crippen LogP contribution in [0.1, 0.15) is 18.9 Å². The molecular formula is C20H19Cl2FN2S. The van der Waals surface area contributed by atoms with E-state index < -0.39 is 0 Å². The summed E-state index contributed by atoms with van der Waals surface area (Å²) < 4.78 is 15.1. The smallest absolute Gasteiger partial charge is 0.123 e. The molecule has 1 unspecified atom stereocenters. The molecule has 1 atom stereocenters. The van der Waals surface area contributed by atoms with Crippen molar-refractivity contribution in [1.29, 1.82) is 0 Å². The van der Waals surface area contributed by atoms with Crippen LogP contribution in [0.5, 0.6) is 0 Å². The van der Waals surface area contributed by atoms with Gasteiger partial charge in [0.15, 0.2) is 0 Å². The van der Waals surface area contributed by atoms with Gasteiger partial charge in [0.2, 0.25) is 0 Å². The summed E-state index contributed by atoms with van der Waals surface area (Å²) in [6.07, 6.45) is 7.28. The molecule has 136 valence electrons. The number of hydrogen-bond donors (Lipinski definition) is 0. The molecule has 2 aromatic carbocycles. The maximum Gasteiger partial charge on any atom is 0.123 e. The Morgan fingerprint density at radius 3 is 2.62 bits per heavy atom. The summed E-state index contributed by atoms with van der Waals surface area (Å²) in [5.74, 6) is -0.213. The molecule has 1 heterocycles. The van der Waals surface area contributed by atoms with E-state index >= 15 is 0 Å². The van der Waals surface area contributed by atoms with Crippen molar-refractivity contribution in [3.05, 3.63) is 82.6 Å². The normalized spacial score (nSPS) is 13.5. The molecule has 3 rings (SSSR count). The Hall–Kier alpha value is -1.49. The molecule has 0 saturated heterocycles. The largest absolute Gasteiger partial charge is 0.336 e. The minimum atomic E-state index is -0.213. The standard InChI is InChI=1S/C20H19Cl2FN2S/c1-20(13-25-11-10-24-14-25,9-8-15-2-5-17(23)6-3-15)26-19-12-16(21)4-7-18(19)22/h2-7,10-12,14H,8-9,13H2,1H3. The Labute approximate surface area is 167 Å². The number of nitrogens with zero attached hydrogens (tertiary/aromatic N) is 2. The first-order chi connectivity index (χ1) is 12.4. The zero-order valence-corrected chi connectivity index (χ0v) is 16.7. The van der Waals surface area contributed by atoms with Crippen molar-refractivity contribution in [3.63, 3.8) is 0 Å². The highest BCUT2D eigenvalue weighted by Gasteiger charge is 2.27. The van der Waals surface area contributed by atoms with Crippen LogP contribution in [0.25, 0.3) is 0 Å². The zero-order valence-electron chi connectivity index (χ0n) is 14.3. The van der Waals surface area contributed by atoms with Gasteiger partial charge in [0.25, 0.3) is 0 Å². The summed E-state index contributed by atoms with van der Waals surface area (Å²) in [6.45, 7) is 2.99. The predicted molar refractivity (Wildman–Crippen MR) is 108 cm³/mol. The first kappa shape index (κ1) is 19.3. The van der Waals surface area contributed by atoms with Gasteiger partial charge in [0, 0.05) is 33.6 Å². The van der Waals surface area contributed by atoms with Crippen LogP contribution in [0, 0.1) is 5.82 Å². The number of rotatable bonds is 7. The highest BCUT2D eigenvalue weighted by atomic mass is 35.5. The minimum absolute atomic E-state index is 0.136. The SMILES string of the molecule is CC(CCc1ccc(F)cc1)(Cn1ccnc1)Sc1cc(Cl)ccc1Cl. The van der Waals surface area contributed by atoms with Crippen LogP contribution < -0.4 is 0 Å². The summed E-state index contributed by atoms with van der Waals surface area (Å²) in [6, 6.07) is 12.2. The number of thioether (sulfide) groups is 1. The molecule has 2 nitrogen and oxygen atoms in total. The summed E-state index contributed by atoms with van der Waals surface area (Å²) in [5, 5.41) is 1.36. The van der Waals surface area contributed by atoms with E-state index in [4.69, 9.17) is 23.2 Å². The monoisotopic (exact) mass is 408 g/mol. The van der Waals surface area contributed by atoms with Crippen LogP contribution in [0.2, 0.25) is 10.0 Å². The molecule has 0 amide bonds. The van der Waals surface area contributed by atoms with E-state index in [-0.39, 0.29) is 10.6 Å². The molecule has 1 aromatic heterocycles. The number of benzene rings is 2. The van der Waals surface area contributed by atoms with Gasteiger partial charge < -0.3 is 4.57 Å². The molecule has 26 heavy (non-hydrogen) atoms. The van der Waals surface area contributed by atoms with E-state index in [9.17, 15) is 4.39 Å². The van der Waals surface area contributed by atoms with Crippen molar-refractivity contribution in [2.24, 2.45) is 0 Å². The van der Waals surface area contributed by atoms with E-state index in [1.807, 2.05) is 36.8 Å². The third-order valence-corrected chi connectivity index (χ3v) is 6.24. The van der Waals surface area contributed by atoms with Crippen LogP contribution in [-0.2, 0) is 13.0 Å². The minimum Gasteiger partial charge on any atom is -0.336 e. The van der Waals surface area contributed by atoms with E-state index in [1.54, 1.807) is 24.0 Å². The van der Waals surface area contributed by atoms with Crippen LogP contribution in [0.3, 0.4) is 0 Å². The zero-order chi connectivity index (χ0) is 18.6. The molecule has 0 aliphatic heterocycles. The molecule has 6 heteroatoms. The van der Waals surface area contributed by atoms with E-state index in [0.717, 1.165) is 29.8 Å². The molecule has 0 aliphatic rings. The highest BCUT2D eigenvalue weighted by Crippen LogP contribution is 2.41. The third-order valence-electron chi connectivity index (χ3n) is 4.18. The van der Waals surface area contributed by atoms with Crippen molar-refractivity contribution in [2.75, 3.05) is 0 Å². The number of aromatic nitrogens is 2. The van der Waals surface area contributed by atoms with Gasteiger partial charge in [-0.1, -0.05) is 35.3 Å². The number of halogens is 3. The Morgan fingerprint density at radius 1 is 1.15 bits per heavy atom. The van der Waals surface area contributed by atoms with Gasteiger partial charge in [-0.05, 0) is 55.7 Å². The summed E-state index contributed by atoms with van der Waals surface area (Å²) in [5.41, 5.74) is 1.11. The average molecular weight is 409 g/mol. The van der Waals surface area contributed by atoms with Crippen molar-refractivity contribution >= 4 is 35.0 Å². The van der Waals surface area contributed by atoms with E-state index in [1.165, 1.54) is 12.1 Å². The second-order valence-corrected chi connectivity index (χ2v) is 8.96. The predicted octanol–water partition coefficient (Wildman–Crippen LogP) is 6.51. The number of imidazole rings is 1. The van der Waals surface area contributed by atoms with Crippen LogP contribution in [0.4, 0.5) is 4.39 Å². The second-order valence-electron chi connectivity index (χ2n) is 6.49.